The van der Waals surface area contributed by atoms with Gasteiger partial charge in [0.1, 0.15) is 0 Å². The standard InChI is InChI=1S/C21H33N3O5.HI/c1-6-22-21(24-13-10-16(11-14-24)20(25)29-5)23-12-9-15-7-8-17(26-2)19(28-4)18(15)27-3;/h7-8,16H,6,9-14H2,1-5H3,(H,22,23);1H. The number of rotatable bonds is 8. The number of guanidine groups is 1. The summed E-state index contributed by atoms with van der Waals surface area (Å²) in [4.78, 5) is 18.7. The monoisotopic (exact) mass is 535 g/mol. The molecule has 1 aliphatic heterocycles. The molecule has 1 N–H and O–H groups in total. The highest BCUT2D eigenvalue weighted by Crippen LogP contribution is 2.39. The molecule has 2 rings (SSSR count). The number of esters is 1. The fourth-order valence-electron chi connectivity index (χ4n) is 3.56. The molecule has 170 valence electrons. The van der Waals surface area contributed by atoms with Crippen molar-refractivity contribution in [2.24, 2.45) is 10.9 Å². The zero-order chi connectivity index (χ0) is 21.2. The number of methoxy groups -OCH3 is 4. The van der Waals surface area contributed by atoms with Gasteiger partial charge in [-0.15, -0.1) is 24.0 Å². The highest BCUT2D eigenvalue weighted by Gasteiger charge is 2.27. The average molecular weight is 535 g/mol. The van der Waals surface area contributed by atoms with Crippen LogP contribution < -0.4 is 19.5 Å². The van der Waals surface area contributed by atoms with Crippen molar-refractivity contribution >= 4 is 35.9 Å². The summed E-state index contributed by atoms with van der Waals surface area (Å²) in [6.07, 6.45) is 2.26. The maximum Gasteiger partial charge on any atom is 0.308 e. The third-order valence-electron chi connectivity index (χ3n) is 5.09. The van der Waals surface area contributed by atoms with Gasteiger partial charge in [0, 0.05) is 31.7 Å². The molecular weight excluding hydrogens is 501 g/mol. The molecule has 0 bridgehead atoms. The molecule has 1 aliphatic rings. The van der Waals surface area contributed by atoms with Crippen molar-refractivity contribution < 1.29 is 23.7 Å². The Balaban J connectivity index is 0.00000450. The van der Waals surface area contributed by atoms with E-state index in [-0.39, 0.29) is 35.9 Å². The SMILES string of the molecule is CCNC(=NCCc1ccc(OC)c(OC)c1OC)N1CCC(C(=O)OC)CC1.I. The minimum absolute atomic E-state index is 0. The van der Waals surface area contributed by atoms with E-state index in [1.807, 2.05) is 19.1 Å². The van der Waals surface area contributed by atoms with E-state index in [9.17, 15) is 4.79 Å². The molecule has 0 amide bonds. The fourth-order valence-corrected chi connectivity index (χ4v) is 3.56. The molecule has 9 heteroatoms. The molecule has 1 heterocycles. The maximum atomic E-state index is 11.7. The molecule has 0 aromatic heterocycles. The summed E-state index contributed by atoms with van der Waals surface area (Å²) in [5.41, 5.74) is 1.01. The van der Waals surface area contributed by atoms with E-state index in [4.69, 9.17) is 23.9 Å². The van der Waals surface area contributed by atoms with E-state index in [1.54, 1.807) is 21.3 Å². The lowest BCUT2D eigenvalue weighted by molar-refractivity contribution is -0.146. The molecule has 8 nitrogen and oxygen atoms in total. The smallest absolute Gasteiger partial charge is 0.308 e. The Morgan fingerprint density at radius 2 is 1.77 bits per heavy atom. The van der Waals surface area contributed by atoms with E-state index < -0.39 is 0 Å². The zero-order valence-electron chi connectivity index (χ0n) is 18.5. The molecule has 1 aromatic rings. The van der Waals surface area contributed by atoms with Crippen LogP contribution in [-0.2, 0) is 16.0 Å². The van der Waals surface area contributed by atoms with Crippen LogP contribution in [0.2, 0.25) is 0 Å². The summed E-state index contributed by atoms with van der Waals surface area (Å²) in [7, 11) is 6.28. The van der Waals surface area contributed by atoms with Crippen molar-refractivity contribution in [3.05, 3.63) is 17.7 Å². The number of aliphatic imine (C=N–C) groups is 1. The molecule has 30 heavy (non-hydrogen) atoms. The van der Waals surface area contributed by atoms with Gasteiger partial charge < -0.3 is 29.2 Å². The molecule has 1 aromatic carbocycles. The number of nitrogens with one attached hydrogen (secondary N) is 1. The normalized spacial score (nSPS) is 14.6. The van der Waals surface area contributed by atoms with Crippen molar-refractivity contribution in [2.75, 3.05) is 54.6 Å². The van der Waals surface area contributed by atoms with Gasteiger partial charge in [-0.05, 0) is 32.3 Å². The Bertz CT molecular complexity index is 706. The quantitative estimate of drug-likeness (QED) is 0.237. The summed E-state index contributed by atoms with van der Waals surface area (Å²) in [5, 5.41) is 3.35. The van der Waals surface area contributed by atoms with Gasteiger partial charge in [-0.2, -0.15) is 0 Å². The number of likely N-dealkylation sites (tertiary alicyclic amines) is 1. The fraction of sp³-hybridized carbons (Fsp3) is 0.619. The lowest BCUT2D eigenvalue weighted by Gasteiger charge is -2.33. The highest BCUT2D eigenvalue weighted by molar-refractivity contribution is 14.0. The third kappa shape index (κ3) is 6.55. The number of hydrogen-bond donors (Lipinski definition) is 1. The van der Waals surface area contributed by atoms with Crippen LogP contribution in [0.1, 0.15) is 25.3 Å². The minimum atomic E-state index is -0.118. The Labute approximate surface area is 196 Å². The Morgan fingerprint density at radius 3 is 2.30 bits per heavy atom. The number of nitrogens with zero attached hydrogens (tertiary/aromatic N) is 2. The molecule has 0 saturated carbocycles. The Hall–Kier alpha value is -1.91. The van der Waals surface area contributed by atoms with E-state index in [0.717, 1.165) is 44.0 Å². The van der Waals surface area contributed by atoms with E-state index >= 15 is 0 Å². The largest absolute Gasteiger partial charge is 0.493 e. The predicted molar refractivity (Wildman–Crippen MR) is 128 cm³/mol. The number of carbonyl (C=O) groups is 1. The minimum Gasteiger partial charge on any atom is -0.493 e. The van der Waals surface area contributed by atoms with Crippen molar-refractivity contribution in [3.8, 4) is 17.2 Å². The average Bonchev–Trinajstić information content (AvgIpc) is 2.77. The topological polar surface area (TPSA) is 81.6 Å². The van der Waals surface area contributed by atoms with Crippen LogP contribution >= 0.6 is 24.0 Å². The van der Waals surface area contributed by atoms with Gasteiger partial charge in [-0.1, -0.05) is 6.07 Å². The first-order valence-corrected chi connectivity index (χ1v) is 9.98. The first-order chi connectivity index (χ1) is 14.1. The first-order valence-electron chi connectivity index (χ1n) is 9.98. The van der Waals surface area contributed by atoms with E-state index in [2.05, 4.69) is 10.2 Å². The zero-order valence-corrected chi connectivity index (χ0v) is 20.9. The van der Waals surface area contributed by atoms with Crippen molar-refractivity contribution in [3.63, 3.8) is 0 Å². The van der Waals surface area contributed by atoms with Crippen LogP contribution in [-0.4, -0.2) is 71.4 Å². The molecule has 0 spiro atoms. The van der Waals surface area contributed by atoms with Crippen LogP contribution in [0.4, 0.5) is 0 Å². The summed E-state index contributed by atoms with van der Waals surface area (Å²) in [6, 6.07) is 3.85. The number of benzene rings is 1. The van der Waals surface area contributed by atoms with Gasteiger partial charge in [-0.3, -0.25) is 9.79 Å². The molecule has 1 fully saturated rings. The number of piperidine rings is 1. The first kappa shape index (κ1) is 26.1. The molecule has 0 radical (unpaired) electrons. The van der Waals surface area contributed by atoms with Gasteiger partial charge in [0.25, 0.3) is 0 Å². The van der Waals surface area contributed by atoms with Gasteiger partial charge in [-0.25, -0.2) is 0 Å². The van der Waals surface area contributed by atoms with Gasteiger partial charge in [0.15, 0.2) is 17.5 Å². The van der Waals surface area contributed by atoms with Crippen LogP contribution in [0.5, 0.6) is 17.2 Å². The van der Waals surface area contributed by atoms with Crippen LogP contribution in [0.3, 0.4) is 0 Å². The second kappa shape index (κ2) is 13.4. The van der Waals surface area contributed by atoms with Gasteiger partial charge >= 0.3 is 5.97 Å². The molecule has 0 unspecified atom stereocenters. The third-order valence-corrected chi connectivity index (χ3v) is 5.09. The van der Waals surface area contributed by atoms with Gasteiger partial charge in [0.2, 0.25) is 5.75 Å². The van der Waals surface area contributed by atoms with Crippen molar-refractivity contribution in [1.29, 1.82) is 0 Å². The second-order valence-corrected chi connectivity index (χ2v) is 6.76. The molecular formula is C21H34IN3O5. The second-order valence-electron chi connectivity index (χ2n) is 6.76. The predicted octanol–water partition coefficient (Wildman–Crippen LogP) is 2.72. The number of carbonyl (C=O) groups excluding carboxylic acids is 1. The van der Waals surface area contributed by atoms with Crippen molar-refractivity contribution in [2.45, 2.75) is 26.2 Å². The summed E-state index contributed by atoms with van der Waals surface area (Å²) < 4.78 is 21.2. The van der Waals surface area contributed by atoms with Crippen molar-refractivity contribution in [1.82, 2.24) is 10.2 Å². The van der Waals surface area contributed by atoms with Crippen LogP contribution in [0.15, 0.2) is 17.1 Å². The molecule has 0 atom stereocenters. The summed E-state index contributed by atoms with van der Waals surface area (Å²) >= 11 is 0. The molecule has 1 saturated heterocycles. The van der Waals surface area contributed by atoms with Crippen LogP contribution in [0.25, 0.3) is 0 Å². The number of halogens is 1. The van der Waals surface area contributed by atoms with E-state index in [1.165, 1.54) is 7.11 Å². The Kier molecular flexibility index (Phi) is 11.7. The molecule has 0 aliphatic carbocycles. The summed E-state index contributed by atoms with van der Waals surface area (Å²) in [5.74, 6) is 2.63. The number of hydrogen-bond acceptors (Lipinski definition) is 6. The van der Waals surface area contributed by atoms with Crippen LogP contribution in [0, 0.1) is 5.92 Å². The van der Waals surface area contributed by atoms with E-state index in [0.29, 0.717) is 30.2 Å². The lowest BCUT2D eigenvalue weighted by Crippen LogP contribution is -2.46. The number of ether oxygens (including phenoxy) is 4. The maximum absolute atomic E-state index is 11.7. The lowest BCUT2D eigenvalue weighted by atomic mass is 9.97. The summed E-state index contributed by atoms with van der Waals surface area (Å²) in [6.45, 7) is 5.01. The highest BCUT2D eigenvalue weighted by atomic mass is 127. The Morgan fingerprint density at radius 1 is 1.10 bits per heavy atom. The van der Waals surface area contributed by atoms with Gasteiger partial charge in [0.05, 0.1) is 34.4 Å².